The zero-order valence-corrected chi connectivity index (χ0v) is 11.6. The van der Waals surface area contributed by atoms with Gasteiger partial charge >= 0.3 is 0 Å². The van der Waals surface area contributed by atoms with Gasteiger partial charge in [-0.15, -0.1) is 11.3 Å². The van der Waals surface area contributed by atoms with Crippen molar-refractivity contribution in [2.45, 2.75) is 25.9 Å². The molecule has 2 aromatic rings. The third-order valence-corrected chi connectivity index (χ3v) is 3.78. The summed E-state index contributed by atoms with van der Waals surface area (Å²) in [4.78, 5) is 4.51. The number of halogens is 1. The van der Waals surface area contributed by atoms with Gasteiger partial charge in [0, 0.05) is 30.1 Å². The summed E-state index contributed by atoms with van der Waals surface area (Å²) in [5, 5.41) is 15.0. The van der Waals surface area contributed by atoms with Gasteiger partial charge in [0.05, 0.1) is 5.69 Å². The number of nitrogens with one attached hydrogen (secondary N) is 1. The molecule has 2 N–H and O–H groups in total. The number of hydrogen-bond acceptors (Lipinski definition) is 4. The first-order chi connectivity index (χ1) is 9.19. The highest BCUT2D eigenvalue weighted by atomic mass is 32.1. The molecule has 1 atom stereocenters. The third kappa shape index (κ3) is 4.09. The molecule has 0 aliphatic rings. The van der Waals surface area contributed by atoms with E-state index >= 15 is 0 Å². The van der Waals surface area contributed by atoms with Gasteiger partial charge in [0.2, 0.25) is 0 Å². The molecular weight excluding hydrogens is 263 g/mol. The van der Waals surface area contributed by atoms with E-state index in [2.05, 4.69) is 10.3 Å². The topological polar surface area (TPSA) is 45.1 Å². The Balaban J connectivity index is 1.97. The Kier molecular flexibility index (Phi) is 5.01. The van der Waals surface area contributed by atoms with Crippen LogP contribution < -0.4 is 5.32 Å². The maximum absolute atomic E-state index is 12.8. The van der Waals surface area contributed by atoms with E-state index in [0.717, 1.165) is 22.7 Å². The lowest BCUT2D eigenvalue weighted by Gasteiger charge is -2.10. The number of nitrogens with zero attached hydrogens (tertiary/aromatic N) is 1. The highest BCUT2D eigenvalue weighted by Crippen LogP contribution is 2.23. The van der Waals surface area contributed by atoms with Crippen molar-refractivity contribution in [2.75, 3.05) is 6.61 Å². The minimum atomic E-state index is -0.236. The van der Waals surface area contributed by atoms with Crippen LogP contribution in [0, 0.1) is 5.82 Å². The summed E-state index contributed by atoms with van der Waals surface area (Å²) in [7, 11) is 0. The minimum absolute atomic E-state index is 0.187. The molecule has 0 aliphatic heterocycles. The molecule has 1 heterocycles. The van der Waals surface area contributed by atoms with Gasteiger partial charge in [-0.05, 0) is 37.6 Å². The molecule has 102 valence electrons. The molecule has 0 saturated heterocycles. The fourth-order valence-corrected chi connectivity index (χ4v) is 2.51. The van der Waals surface area contributed by atoms with Crippen LogP contribution in [0.25, 0.3) is 10.6 Å². The highest BCUT2D eigenvalue weighted by Gasteiger charge is 2.06. The average Bonchev–Trinajstić information content (AvgIpc) is 2.86. The standard InChI is InChI=1S/C14H17FN2OS/c1-10(6-7-18)16-8-13-9-19-14(17-13)11-2-4-12(15)5-3-11/h2-5,9-10,16,18H,6-8H2,1H3. The number of rotatable bonds is 6. The van der Waals surface area contributed by atoms with E-state index in [1.807, 2.05) is 12.3 Å². The number of hydrogen-bond donors (Lipinski definition) is 2. The molecule has 2 rings (SSSR count). The summed E-state index contributed by atoms with van der Waals surface area (Å²) in [6, 6.07) is 6.62. The lowest BCUT2D eigenvalue weighted by Crippen LogP contribution is -2.26. The molecule has 0 saturated carbocycles. The number of aromatic nitrogens is 1. The van der Waals surface area contributed by atoms with E-state index in [9.17, 15) is 4.39 Å². The molecule has 0 amide bonds. The van der Waals surface area contributed by atoms with Crippen LogP contribution in [-0.4, -0.2) is 22.7 Å². The maximum atomic E-state index is 12.8. The largest absolute Gasteiger partial charge is 0.396 e. The van der Waals surface area contributed by atoms with Crippen molar-refractivity contribution in [3.05, 3.63) is 41.2 Å². The van der Waals surface area contributed by atoms with Crippen LogP contribution in [0.4, 0.5) is 4.39 Å². The van der Waals surface area contributed by atoms with E-state index in [0.29, 0.717) is 6.54 Å². The Morgan fingerprint density at radius 2 is 2.11 bits per heavy atom. The molecule has 3 nitrogen and oxygen atoms in total. The zero-order valence-electron chi connectivity index (χ0n) is 10.8. The summed E-state index contributed by atoms with van der Waals surface area (Å²) in [6.45, 7) is 2.90. The van der Waals surface area contributed by atoms with Crippen LogP contribution in [0.5, 0.6) is 0 Å². The Morgan fingerprint density at radius 1 is 1.37 bits per heavy atom. The van der Waals surface area contributed by atoms with E-state index in [1.54, 1.807) is 23.5 Å². The van der Waals surface area contributed by atoms with Gasteiger partial charge in [-0.1, -0.05) is 0 Å². The van der Waals surface area contributed by atoms with Crippen LogP contribution in [0.2, 0.25) is 0 Å². The van der Waals surface area contributed by atoms with E-state index in [4.69, 9.17) is 5.11 Å². The summed E-state index contributed by atoms with van der Waals surface area (Å²) < 4.78 is 12.8. The van der Waals surface area contributed by atoms with Gasteiger partial charge in [0.15, 0.2) is 0 Å². The van der Waals surface area contributed by atoms with E-state index in [1.165, 1.54) is 12.1 Å². The van der Waals surface area contributed by atoms with Crippen LogP contribution >= 0.6 is 11.3 Å². The highest BCUT2D eigenvalue weighted by molar-refractivity contribution is 7.13. The van der Waals surface area contributed by atoms with Crippen molar-refractivity contribution in [3.8, 4) is 10.6 Å². The van der Waals surface area contributed by atoms with Gasteiger partial charge in [-0.25, -0.2) is 9.37 Å². The molecular formula is C14H17FN2OS. The summed E-state index contributed by atoms with van der Waals surface area (Å²) >= 11 is 1.55. The van der Waals surface area contributed by atoms with Gasteiger partial charge in [-0.3, -0.25) is 0 Å². The van der Waals surface area contributed by atoms with E-state index in [-0.39, 0.29) is 18.5 Å². The number of benzene rings is 1. The van der Waals surface area contributed by atoms with Crippen molar-refractivity contribution in [1.82, 2.24) is 10.3 Å². The molecule has 0 fully saturated rings. The van der Waals surface area contributed by atoms with Gasteiger partial charge in [-0.2, -0.15) is 0 Å². The number of aliphatic hydroxyl groups is 1. The second-order valence-electron chi connectivity index (χ2n) is 4.45. The van der Waals surface area contributed by atoms with Crippen LogP contribution in [0.1, 0.15) is 19.0 Å². The molecule has 1 unspecified atom stereocenters. The normalized spacial score (nSPS) is 12.6. The fourth-order valence-electron chi connectivity index (χ4n) is 1.69. The smallest absolute Gasteiger partial charge is 0.123 e. The first kappa shape index (κ1) is 14.1. The Morgan fingerprint density at radius 3 is 2.79 bits per heavy atom. The predicted molar refractivity (Wildman–Crippen MR) is 75.5 cm³/mol. The predicted octanol–water partition coefficient (Wildman–Crippen LogP) is 2.81. The molecule has 19 heavy (non-hydrogen) atoms. The fraction of sp³-hybridized carbons (Fsp3) is 0.357. The van der Waals surface area contributed by atoms with Gasteiger partial charge in [0.25, 0.3) is 0 Å². The lowest BCUT2D eigenvalue weighted by molar-refractivity contribution is 0.268. The Labute approximate surface area is 116 Å². The summed E-state index contributed by atoms with van der Waals surface area (Å²) in [6.07, 6.45) is 0.731. The van der Waals surface area contributed by atoms with Crippen molar-refractivity contribution in [2.24, 2.45) is 0 Å². The Hall–Kier alpha value is -1.30. The third-order valence-electron chi connectivity index (χ3n) is 2.84. The van der Waals surface area contributed by atoms with Crippen molar-refractivity contribution in [1.29, 1.82) is 0 Å². The van der Waals surface area contributed by atoms with Crippen molar-refractivity contribution in [3.63, 3.8) is 0 Å². The monoisotopic (exact) mass is 280 g/mol. The maximum Gasteiger partial charge on any atom is 0.123 e. The quantitative estimate of drug-likeness (QED) is 0.855. The molecule has 1 aromatic carbocycles. The van der Waals surface area contributed by atoms with Gasteiger partial charge in [0.1, 0.15) is 10.8 Å². The van der Waals surface area contributed by atoms with E-state index < -0.39 is 0 Å². The van der Waals surface area contributed by atoms with Crippen LogP contribution in [0.15, 0.2) is 29.6 Å². The minimum Gasteiger partial charge on any atom is -0.396 e. The molecule has 5 heteroatoms. The lowest BCUT2D eigenvalue weighted by atomic mass is 10.2. The second-order valence-corrected chi connectivity index (χ2v) is 5.30. The average molecular weight is 280 g/mol. The second kappa shape index (κ2) is 6.75. The number of aliphatic hydroxyl groups excluding tert-OH is 1. The van der Waals surface area contributed by atoms with Gasteiger partial charge < -0.3 is 10.4 Å². The molecule has 0 aliphatic carbocycles. The first-order valence-corrected chi connectivity index (χ1v) is 7.11. The SMILES string of the molecule is CC(CCO)NCc1csc(-c2ccc(F)cc2)n1. The van der Waals surface area contributed by atoms with Crippen LogP contribution in [0.3, 0.4) is 0 Å². The molecule has 0 bridgehead atoms. The molecule has 0 radical (unpaired) electrons. The Bertz CT molecular complexity index is 512. The van der Waals surface area contributed by atoms with Crippen molar-refractivity contribution < 1.29 is 9.50 Å². The number of thiazole rings is 1. The first-order valence-electron chi connectivity index (χ1n) is 6.23. The summed E-state index contributed by atoms with van der Waals surface area (Å²) in [5.41, 5.74) is 1.90. The van der Waals surface area contributed by atoms with Crippen molar-refractivity contribution >= 4 is 11.3 Å². The van der Waals surface area contributed by atoms with Crippen LogP contribution in [-0.2, 0) is 6.54 Å². The molecule has 1 aromatic heterocycles. The summed E-state index contributed by atoms with van der Waals surface area (Å²) in [5.74, 6) is -0.236. The zero-order chi connectivity index (χ0) is 13.7. The molecule has 0 spiro atoms.